The summed E-state index contributed by atoms with van der Waals surface area (Å²) in [6, 6.07) is 11.1. The van der Waals surface area contributed by atoms with Crippen LogP contribution in [0.2, 0.25) is 5.02 Å². The first-order valence-electron chi connectivity index (χ1n) is 10.6. The standard InChI is InChI=1S/C25H24ClFN2O5/c1-14(23(30)29-17-9-15-12-25(2,3)34-22(15)21(11-17)31-4)32-18-5-7-19(8-6-18)33-24-20(27)10-16(26)13-28-24/h5-11,13-14H,12H2,1-4H3,(H,29,30)/t14-/m1/s1. The second-order valence-corrected chi connectivity index (χ2v) is 8.91. The quantitative estimate of drug-likeness (QED) is 0.455. The van der Waals surface area contributed by atoms with Crippen LogP contribution in [0.5, 0.6) is 28.9 Å². The Hall–Kier alpha value is -3.52. The molecule has 1 aliphatic heterocycles. The van der Waals surface area contributed by atoms with Gasteiger partial charge in [0.1, 0.15) is 17.1 Å². The highest BCUT2D eigenvalue weighted by Gasteiger charge is 2.33. The van der Waals surface area contributed by atoms with Crippen LogP contribution in [0, 0.1) is 5.82 Å². The van der Waals surface area contributed by atoms with E-state index in [-0.39, 0.29) is 22.4 Å². The molecule has 7 nitrogen and oxygen atoms in total. The first kappa shape index (κ1) is 23.6. The van der Waals surface area contributed by atoms with Crippen LogP contribution in [0.4, 0.5) is 10.1 Å². The van der Waals surface area contributed by atoms with Crippen LogP contribution in [0.1, 0.15) is 26.3 Å². The zero-order chi connectivity index (χ0) is 24.5. The average Bonchev–Trinajstić information content (AvgIpc) is 3.10. The minimum Gasteiger partial charge on any atom is -0.493 e. The number of nitrogens with zero attached hydrogens (tertiary/aromatic N) is 1. The summed E-state index contributed by atoms with van der Waals surface area (Å²) in [6.45, 7) is 5.64. The second kappa shape index (κ2) is 9.38. The lowest BCUT2D eigenvalue weighted by Crippen LogP contribution is -2.30. The van der Waals surface area contributed by atoms with Gasteiger partial charge < -0.3 is 24.3 Å². The normalized spacial score (nSPS) is 14.5. The predicted octanol–water partition coefficient (Wildman–Crippen LogP) is 5.79. The van der Waals surface area contributed by atoms with Gasteiger partial charge >= 0.3 is 0 Å². The Morgan fingerprint density at radius 1 is 1.21 bits per heavy atom. The van der Waals surface area contributed by atoms with Crippen molar-refractivity contribution in [2.75, 3.05) is 12.4 Å². The lowest BCUT2D eigenvalue weighted by atomic mass is 10.0. The summed E-state index contributed by atoms with van der Waals surface area (Å²) < 4.78 is 36.4. The summed E-state index contributed by atoms with van der Waals surface area (Å²) >= 11 is 5.70. The molecule has 2 aromatic carbocycles. The van der Waals surface area contributed by atoms with Crippen molar-refractivity contribution in [2.24, 2.45) is 0 Å². The van der Waals surface area contributed by atoms with Crippen molar-refractivity contribution in [1.29, 1.82) is 0 Å². The Bertz CT molecular complexity index is 1220. The number of fused-ring (bicyclic) bond motifs is 1. The fourth-order valence-corrected chi connectivity index (χ4v) is 3.72. The third-order valence-corrected chi connectivity index (χ3v) is 5.31. The summed E-state index contributed by atoms with van der Waals surface area (Å²) in [4.78, 5) is 16.5. The summed E-state index contributed by atoms with van der Waals surface area (Å²) in [6.07, 6.45) is 1.22. The van der Waals surface area contributed by atoms with Crippen LogP contribution in [-0.2, 0) is 11.2 Å². The van der Waals surface area contributed by atoms with Crippen LogP contribution < -0.4 is 24.3 Å². The average molecular weight is 487 g/mol. The van der Waals surface area contributed by atoms with Gasteiger partial charge in [-0.05, 0) is 57.2 Å². The summed E-state index contributed by atoms with van der Waals surface area (Å²) in [7, 11) is 1.56. The van der Waals surface area contributed by atoms with E-state index in [1.165, 1.54) is 6.20 Å². The molecule has 1 N–H and O–H groups in total. The van der Waals surface area contributed by atoms with Gasteiger partial charge in [0, 0.05) is 29.9 Å². The van der Waals surface area contributed by atoms with E-state index in [1.807, 2.05) is 19.9 Å². The molecule has 0 bridgehead atoms. The van der Waals surface area contributed by atoms with Crippen LogP contribution in [0.25, 0.3) is 0 Å². The third-order valence-electron chi connectivity index (χ3n) is 5.11. The molecule has 3 aromatic rings. The molecule has 2 heterocycles. The molecule has 0 fully saturated rings. The molecule has 178 valence electrons. The summed E-state index contributed by atoms with van der Waals surface area (Å²) in [5, 5.41) is 3.04. The summed E-state index contributed by atoms with van der Waals surface area (Å²) in [5.74, 6) is 0.878. The topological polar surface area (TPSA) is 78.9 Å². The minimum absolute atomic E-state index is 0.177. The molecular weight excluding hydrogens is 463 g/mol. The maximum absolute atomic E-state index is 13.9. The van der Waals surface area contributed by atoms with E-state index in [4.69, 9.17) is 30.5 Å². The number of benzene rings is 2. The molecule has 1 aromatic heterocycles. The number of carbonyl (C=O) groups is 1. The van der Waals surface area contributed by atoms with E-state index in [9.17, 15) is 9.18 Å². The van der Waals surface area contributed by atoms with E-state index in [1.54, 1.807) is 44.4 Å². The maximum atomic E-state index is 13.9. The summed E-state index contributed by atoms with van der Waals surface area (Å²) in [5.41, 5.74) is 1.23. The Kier molecular flexibility index (Phi) is 6.52. The number of anilines is 1. The Morgan fingerprint density at radius 3 is 2.59 bits per heavy atom. The molecule has 34 heavy (non-hydrogen) atoms. The predicted molar refractivity (Wildman–Crippen MR) is 126 cm³/mol. The number of hydrogen-bond donors (Lipinski definition) is 1. The SMILES string of the molecule is COc1cc(NC(=O)[C@@H](C)Oc2ccc(Oc3ncc(Cl)cc3F)cc2)cc2c1OC(C)(C)C2. The molecule has 9 heteroatoms. The lowest BCUT2D eigenvalue weighted by molar-refractivity contribution is -0.122. The number of halogens is 2. The van der Waals surface area contributed by atoms with Crippen molar-refractivity contribution in [3.05, 3.63) is 65.1 Å². The maximum Gasteiger partial charge on any atom is 0.265 e. The lowest BCUT2D eigenvalue weighted by Gasteiger charge is -2.18. The van der Waals surface area contributed by atoms with Crippen molar-refractivity contribution >= 4 is 23.2 Å². The van der Waals surface area contributed by atoms with Gasteiger partial charge in [-0.15, -0.1) is 0 Å². The smallest absolute Gasteiger partial charge is 0.265 e. The number of rotatable bonds is 7. The van der Waals surface area contributed by atoms with Gasteiger partial charge in [-0.3, -0.25) is 4.79 Å². The van der Waals surface area contributed by atoms with Crippen molar-refractivity contribution in [2.45, 2.75) is 38.9 Å². The van der Waals surface area contributed by atoms with E-state index >= 15 is 0 Å². The Morgan fingerprint density at radius 2 is 1.91 bits per heavy atom. The molecule has 0 saturated heterocycles. The van der Waals surface area contributed by atoms with Crippen LogP contribution in [0.15, 0.2) is 48.7 Å². The highest BCUT2D eigenvalue weighted by atomic mass is 35.5. The monoisotopic (exact) mass is 486 g/mol. The number of nitrogens with one attached hydrogen (secondary N) is 1. The van der Waals surface area contributed by atoms with Gasteiger partial charge in [-0.25, -0.2) is 9.37 Å². The van der Waals surface area contributed by atoms with Crippen molar-refractivity contribution in [3.8, 4) is 28.9 Å². The van der Waals surface area contributed by atoms with Gasteiger partial charge in [-0.2, -0.15) is 0 Å². The molecule has 0 unspecified atom stereocenters. The molecule has 0 aliphatic carbocycles. The van der Waals surface area contributed by atoms with Gasteiger partial charge in [0.25, 0.3) is 11.8 Å². The van der Waals surface area contributed by atoms with Crippen LogP contribution in [0.3, 0.4) is 0 Å². The van der Waals surface area contributed by atoms with Gasteiger partial charge in [0.15, 0.2) is 23.4 Å². The van der Waals surface area contributed by atoms with Crippen molar-refractivity contribution in [3.63, 3.8) is 0 Å². The fourth-order valence-electron chi connectivity index (χ4n) is 3.58. The molecule has 0 spiro atoms. The minimum atomic E-state index is -0.783. The number of aromatic nitrogens is 1. The molecular formula is C25H24ClFN2O5. The molecule has 1 atom stereocenters. The van der Waals surface area contributed by atoms with Crippen LogP contribution >= 0.6 is 11.6 Å². The first-order chi connectivity index (χ1) is 16.1. The number of pyridine rings is 1. The zero-order valence-electron chi connectivity index (χ0n) is 19.1. The molecule has 0 saturated carbocycles. The zero-order valence-corrected chi connectivity index (χ0v) is 19.9. The van der Waals surface area contributed by atoms with Gasteiger partial charge in [-0.1, -0.05) is 11.6 Å². The molecule has 1 aliphatic rings. The highest BCUT2D eigenvalue weighted by Crippen LogP contribution is 2.43. The third kappa shape index (κ3) is 5.34. The second-order valence-electron chi connectivity index (χ2n) is 8.47. The highest BCUT2D eigenvalue weighted by molar-refractivity contribution is 6.30. The molecule has 4 rings (SSSR count). The van der Waals surface area contributed by atoms with Crippen LogP contribution in [-0.4, -0.2) is 29.7 Å². The van der Waals surface area contributed by atoms with E-state index < -0.39 is 11.9 Å². The van der Waals surface area contributed by atoms with Crippen molar-refractivity contribution < 1.29 is 28.1 Å². The fraction of sp³-hybridized carbons (Fsp3) is 0.280. The largest absolute Gasteiger partial charge is 0.493 e. The van der Waals surface area contributed by atoms with E-state index in [0.29, 0.717) is 35.1 Å². The number of carbonyl (C=O) groups excluding carboxylic acids is 1. The number of methoxy groups -OCH3 is 1. The van der Waals surface area contributed by atoms with Crippen molar-refractivity contribution in [1.82, 2.24) is 4.98 Å². The number of ether oxygens (including phenoxy) is 4. The molecule has 0 radical (unpaired) electrons. The van der Waals surface area contributed by atoms with E-state index in [0.717, 1.165) is 11.6 Å². The Labute approximate surface area is 201 Å². The number of hydrogen-bond acceptors (Lipinski definition) is 6. The number of amides is 1. The van der Waals surface area contributed by atoms with E-state index in [2.05, 4.69) is 10.3 Å². The molecule has 1 amide bonds. The van der Waals surface area contributed by atoms with Gasteiger partial charge in [0.2, 0.25) is 0 Å². The van der Waals surface area contributed by atoms with Gasteiger partial charge in [0.05, 0.1) is 12.1 Å². The first-order valence-corrected chi connectivity index (χ1v) is 11.0. The Balaban J connectivity index is 1.38.